The van der Waals surface area contributed by atoms with E-state index in [1.807, 2.05) is 51.1 Å². The molecule has 0 spiro atoms. The Bertz CT molecular complexity index is 701. The minimum absolute atomic E-state index is 0.0240. The summed E-state index contributed by atoms with van der Waals surface area (Å²) in [5, 5.41) is 0. The summed E-state index contributed by atoms with van der Waals surface area (Å²) >= 11 is 0. The van der Waals surface area contributed by atoms with E-state index in [4.69, 9.17) is 0 Å². The molecule has 1 N–H and O–H groups in total. The molecule has 4 heteroatoms. The Labute approximate surface area is 131 Å². The number of carbonyl (C=O) groups is 2. The van der Waals surface area contributed by atoms with Crippen molar-refractivity contribution in [3.8, 4) is 0 Å². The van der Waals surface area contributed by atoms with Crippen molar-refractivity contribution in [3.05, 3.63) is 58.4 Å². The van der Waals surface area contributed by atoms with Gasteiger partial charge in [-0.25, -0.2) is 0 Å². The van der Waals surface area contributed by atoms with Crippen LogP contribution < -0.4 is 0 Å². The van der Waals surface area contributed by atoms with Crippen LogP contribution in [0.25, 0.3) is 0 Å². The quantitative estimate of drug-likeness (QED) is 0.876. The number of hydrogen-bond acceptors (Lipinski definition) is 2. The van der Waals surface area contributed by atoms with Gasteiger partial charge in [0.15, 0.2) is 5.78 Å². The van der Waals surface area contributed by atoms with E-state index in [0.717, 1.165) is 16.8 Å². The number of nitrogens with one attached hydrogen (secondary N) is 1. The summed E-state index contributed by atoms with van der Waals surface area (Å²) in [5.41, 5.74) is 3.65. The van der Waals surface area contributed by atoms with E-state index in [1.54, 1.807) is 11.9 Å². The SMILES string of the molecule is CC(=O)c1c(C)[nH]c(C(=O)N(C)[C@H](C)c2ccccc2)c1C. The van der Waals surface area contributed by atoms with Gasteiger partial charge in [-0.15, -0.1) is 0 Å². The van der Waals surface area contributed by atoms with Crippen LogP contribution in [0.15, 0.2) is 30.3 Å². The van der Waals surface area contributed by atoms with Crippen LogP contribution >= 0.6 is 0 Å². The second-order valence-corrected chi connectivity index (χ2v) is 5.68. The summed E-state index contributed by atoms with van der Waals surface area (Å²) in [4.78, 5) is 29.2. The van der Waals surface area contributed by atoms with Crippen LogP contribution in [0.3, 0.4) is 0 Å². The molecule has 1 atom stereocenters. The first-order chi connectivity index (χ1) is 10.3. The number of hydrogen-bond donors (Lipinski definition) is 1. The van der Waals surface area contributed by atoms with Crippen LogP contribution in [-0.4, -0.2) is 28.6 Å². The molecule has 0 fully saturated rings. The van der Waals surface area contributed by atoms with Crippen LogP contribution in [0.4, 0.5) is 0 Å². The summed E-state index contributed by atoms with van der Waals surface area (Å²) in [5.74, 6) is -0.131. The van der Waals surface area contributed by atoms with Crippen LogP contribution in [0.2, 0.25) is 0 Å². The molecule has 0 aliphatic carbocycles. The number of aromatic amines is 1. The number of nitrogens with zero attached hydrogens (tertiary/aromatic N) is 1. The lowest BCUT2D eigenvalue weighted by Crippen LogP contribution is -2.30. The molecule has 22 heavy (non-hydrogen) atoms. The molecule has 1 amide bonds. The van der Waals surface area contributed by atoms with Gasteiger partial charge < -0.3 is 9.88 Å². The van der Waals surface area contributed by atoms with E-state index in [2.05, 4.69) is 4.98 Å². The molecule has 0 aliphatic heterocycles. The van der Waals surface area contributed by atoms with E-state index in [0.29, 0.717) is 11.3 Å². The molecule has 2 rings (SSSR count). The number of H-pyrrole nitrogens is 1. The largest absolute Gasteiger partial charge is 0.354 e. The minimum Gasteiger partial charge on any atom is -0.354 e. The highest BCUT2D eigenvalue weighted by molar-refractivity contribution is 6.02. The highest BCUT2D eigenvalue weighted by Gasteiger charge is 2.25. The van der Waals surface area contributed by atoms with Gasteiger partial charge in [-0.2, -0.15) is 0 Å². The van der Waals surface area contributed by atoms with E-state index in [9.17, 15) is 9.59 Å². The Balaban J connectivity index is 2.32. The van der Waals surface area contributed by atoms with Crippen molar-refractivity contribution in [2.24, 2.45) is 0 Å². The normalized spacial score (nSPS) is 12.0. The predicted molar refractivity (Wildman–Crippen MR) is 87.2 cm³/mol. The highest BCUT2D eigenvalue weighted by atomic mass is 16.2. The maximum atomic E-state index is 12.8. The van der Waals surface area contributed by atoms with E-state index < -0.39 is 0 Å². The number of aromatic nitrogens is 1. The van der Waals surface area contributed by atoms with Crippen molar-refractivity contribution in [1.29, 1.82) is 0 Å². The Kier molecular flexibility index (Phi) is 4.50. The summed E-state index contributed by atoms with van der Waals surface area (Å²) < 4.78 is 0. The topological polar surface area (TPSA) is 53.2 Å². The second-order valence-electron chi connectivity index (χ2n) is 5.68. The van der Waals surface area contributed by atoms with Gasteiger partial charge in [0.1, 0.15) is 5.69 Å². The molecule has 0 unspecified atom stereocenters. The third-order valence-corrected chi connectivity index (χ3v) is 4.19. The van der Waals surface area contributed by atoms with Gasteiger partial charge in [-0.1, -0.05) is 30.3 Å². The van der Waals surface area contributed by atoms with Crippen LogP contribution in [0, 0.1) is 13.8 Å². The van der Waals surface area contributed by atoms with Crippen molar-refractivity contribution in [2.75, 3.05) is 7.05 Å². The van der Waals surface area contributed by atoms with Gasteiger partial charge in [-0.05, 0) is 38.8 Å². The summed E-state index contributed by atoms with van der Waals surface area (Å²) in [6, 6.07) is 9.84. The lowest BCUT2D eigenvalue weighted by atomic mass is 10.0. The number of Topliss-reactive ketones (excluding diaryl/α,β-unsaturated/α-hetero) is 1. The smallest absolute Gasteiger partial charge is 0.270 e. The number of amides is 1. The van der Waals surface area contributed by atoms with Gasteiger partial charge in [0.05, 0.1) is 6.04 Å². The Hall–Kier alpha value is -2.36. The van der Waals surface area contributed by atoms with Crippen LogP contribution in [-0.2, 0) is 0 Å². The van der Waals surface area contributed by atoms with E-state index >= 15 is 0 Å². The molecule has 1 aromatic carbocycles. The third kappa shape index (κ3) is 2.82. The zero-order valence-electron chi connectivity index (χ0n) is 13.7. The number of aryl methyl sites for hydroxylation is 1. The molecule has 0 saturated carbocycles. The Morgan fingerprint density at radius 1 is 1.14 bits per heavy atom. The van der Waals surface area contributed by atoms with Gasteiger partial charge in [0, 0.05) is 18.3 Å². The molecule has 2 aromatic rings. The molecule has 1 aromatic heterocycles. The second kappa shape index (κ2) is 6.18. The zero-order chi connectivity index (χ0) is 16.4. The van der Waals surface area contributed by atoms with Crippen molar-refractivity contribution in [3.63, 3.8) is 0 Å². The molecular weight excluding hydrogens is 276 g/mol. The van der Waals surface area contributed by atoms with Crippen molar-refractivity contribution < 1.29 is 9.59 Å². The van der Waals surface area contributed by atoms with Crippen LogP contribution in [0.1, 0.15) is 57.6 Å². The van der Waals surface area contributed by atoms with Gasteiger partial charge in [-0.3, -0.25) is 9.59 Å². The standard InChI is InChI=1S/C18H22N2O2/c1-11-16(14(4)21)12(2)19-17(11)18(22)20(5)13(3)15-9-7-6-8-10-15/h6-10,13,19H,1-5H3/t13-/m1/s1. The van der Waals surface area contributed by atoms with Crippen molar-refractivity contribution in [2.45, 2.75) is 33.7 Å². The molecule has 116 valence electrons. The minimum atomic E-state index is -0.107. The summed E-state index contributed by atoms with van der Waals surface area (Å²) in [6.45, 7) is 7.15. The first-order valence-corrected chi connectivity index (χ1v) is 7.36. The first-order valence-electron chi connectivity index (χ1n) is 7.36. The lowest BCUT2D eigenvalue weighted by molar-refractivity contribution is 0.0736. The van der Waals surface area contributed by atoms with Crippen molar-refractivity contribution in [1.82, 2.24) is 9.88 Å². The maximum Gasteiger partial charge on any atom is 0.270 e. The number of carbonyl (C=O) groups excluding carboxylic acids is 2. The predicted octanol–water partition coefficient (Wildman–Crippen LogP) is 3.67. The van der Waals surface area contributed by atoms with Crippen LogP contribution in [0.5, 0.6) is 0 Å². The fraction of sp³-hybridized carbons (Fsp3) is 0.333. The van der Waals surface area contributed by atoms with E-state index in [1.165, 1.54) is 6.92 Å². The fourth-order valence-electron chi connectivity index (χ4n) is 2.80. The zero-order valence-corrected chi connectivity index (χ0v) is 13.7. The summed E-state index contributed by atoms with van der Waals surface area (Å²) in [6.07, 6.45) is 0. The Morgan fingerprint density at radius 2 is 1.73 bits per heavy atom. The maximum absolute atomic E-state index is 12.8. The molecule has 0 bridgehead atoms. The average molecular weight is 298 g/mol. The fourth-order valence-corrected chi connectivity index (χ4v) is 2.80. The first kappa shape index (κ1) is 16.0. The third-order valence-electron chi connectivity index (χ3n) is 4.19. The lowest BCUT2D eigenvalue weighted by Gasteiger charge is -2.25. The molecule has 0 radical (unpaired) electrons. The van der Waals surface area contributed by atoms with E-state index in [-0.39, 0.29) is 17.7 Å². The average Bonchev–Trinajstić information content (AvgIpc) is 2.80. The van der Waals surface area contributed by atoms with Gasteiger partial charge in [0.2, 0.25) is 0 Å². The molecular formula is C18H22N2O2. The van der Waals surface area contributed by atoms with Gasteiger partial charge in [0.25, 0.3) is 5.91 Å². The highest BCUT2D eigenvalue weighted by Crippen LogP contribution is 2.24. The molecule has 4 nitrogen and oxygen atoms in total. The number of rotatable bonds is 4. The number of ketones is 1. The molecule has 0 saturated heterocycles. The Morgan fingerprint density at radius 3 is 2.23 bits per heavy atom. The monoisotopic (exact) mass is 298 g/mol. The molecule has 0 aliphatic rings. The van der Waals surface area contributed by atoms with Gasteiger partial charge >= 0.3 is 0 Å². The van der Waals surface area contributed by atoms with Crippen molar-refractivity contribution >= 4 is 11.7 Å². The number of benzene rings is 1. The molecule has 1 heterocycles. The summed E-state index contributed by atoms with van der Waals surface area (Å²) in [7, 11) is 1.78.